The predicted molar refractivity (Wildman–Crippen MR) is 151 cm³/mol. The molecule has 1 fully saturated rings. The number of carbonyl (C=O) groups is 2. The van der Waals surface area contributed by atoms with Crippen LogP contribution < -0.4 is 15.4 Å². The number of nitrogens with two attached hydrogens (primary N) is 1. The highest BCUT2D eigenvalue weighted by Crippen LogP contribution is 2.48. The van der Waals surface area contributed by atoms with Gasteiger partial charge in [-0.05, 0) is 69.8 Å². The van der Waals surface area contributed by atoms with Crippen molar-refractivity contribution < 1.29 is 19.4 Å². The summed E-state index contributed by atoms with van der Waals surface area (Å²) >= 11 is 1.46. The average molecular weight is 539 g/mol. The number of amides is 1. The highest BCUT2D eigenvalue weighted by Gasteiger charge is 2.35. The Kier molecular flexibility index (Phi) is 9.33. The molecule has 0 radical (unpaired) electrons. The van der Waals surface area contributed by atoms with E-state index in [2.05, 4.69) is 18.7 Å². The standard InChI is InChI=1S/C29H38N4O4S/c1-19-8-6-9-20(2)32(19)14-4-3-5-15-33-24-17-23(37-18-26(34)35)12-13-25(24)38-27(29(33)36)21-10-7-11-22(16-21)28(30)31/h7,10-13,16-17,19-20,27H,3-6,8-9,14-15,18H2,1-2H3,(H3,30,31)(H,34,35)/t19-,20+,27?. The third-order valence-electron chi connectivity index (χ3n) is 7.49. The third kappa shape index (κ3) is 6.69. The quantitative estimate of drug-likeness (QED) is 0.208. The molecule has 0 aliphatic carbocycles. The number of rotatable bonds is 11. The number of anilines is 1. The number of benzene rings is 2. The summed E-state index contributed by atoms with van der Waals surface area (Å²) in [5, 5.41) is 16.3. The number of unbranched alkanes of at least 4 members (excludes halogenated alkanes) is 2. The molecule has 2 aliphatic heterocycles. The van der Waals surface area contributed by atoms with Gasteiger partial charge in [-0.1, -0.05) is 31.0 Å². The number of nitrogen functional groups attached to an aromatic ring is 1. The Morgan fingerprint density at radius 3 is 2.55 bits per heavy atom. The molecule has 0 bridgehead atoms. The normalized spacial score (nSPS) is 21.7. The molecule has 3 atom stereocenters. The van der Waals surface area contributed by atoms with E-state index in [0.29, 0.717) is 29.9 Å². The van der Waals surface area contributed by atoms with Crippen LogP contribution in [-0.2, 0) is 9.59 Å². The Morgan fingerprint density at radius 2 is 1.84 bits per heavy atom. The summed E-state index contributed by atoms with van der Waals surface area (Å²) < 4.78 is 5.41. The summed E-state index contributed by atoms with van der Waals surface area (Å²) in [6, 6.07) is 14.0. The summed E-state index contributed by atoms with van der Waals surface area (Å²) in [6.45, 7) is 5.86. The Labute approximate surface area is 229 Å². The Balaban J connectivity index is 1.49. The molecule has 1 unspecified atom stereocenters. The van der Waals surface area contributed by atoms with E-state index in [1.807, 2.05) is 29.2 Å². The molecule has 1 saturated heterocycles. The molecular weight excluding hydrogens is 500 g/mol. The molecule has 8 nitrogen and oxygen atoms in total. The lowest BCUT2D eigenvalue weighted by molar-refractivity contribution is -0.139. The van der Waals surface area contributed by atoms with Crippen LogP contribution in [0.15, 0.2) is 47.4 Å². The van der Waals surface area contributed by atoms with E-state index in [9.17, 15) is 9.59 Å². The van der Waals surface area contributed by atoms with Crippen LogP contribution in [0.5, 0.6) is 5.75 Å². The van der Waals surface area contributed by atoms with Crippen molar-refractivity contribution in [1.29, 1.82) is 5.41 Å². The van der Waals surface area contributed by atoms with Gasteiger partial charge in [0.25, 0.3) is 0 Å². The van der Waals surface area contributed by atoms with Crippen molar-refractivity contribution >= 4 is 35.2 Å². The second kappa shape index (κ2) is 12.7. The summed E-state index contributed by atoms with van der Waals surface area (Å²) in [7, 11) is 0. The Morgan fingerprint density at radius 1 is 1.11 bits per heavy atom. The van der Waals surface area contributed by atoms with Gasteiger partial charge >= 0.3 is 5.97 Å². The molecule has 4 rings (SSSR count). The molecule has 0 saturated carbocycles. The minimum absolute atomic E-state index is 0.0307. The van der Waals surface area contributed by atoms with Crippen molar-refractivity contribution in [3.63, 3.8) is 0 Å². The predicted octanol–water partition coefficient (Wildman–Crippen LogP) is 5.05. The molecular formula is C29H38N4O4S. The number of nitrogens with one attached hydrogen (secondary N) is 1. The fourth-order valence-corrected chi connectivity index (χ4v) is 6.65. The number of amidine groups is 1. The highest BCUT2D eigenvalue weighted by atomic mass is 32.2. The second-order valence-electron chi connectivity index (χ2n) is 10.3. The first-order valence-electron chi connectivity index (χ1n) is 13.4. The van der Waals surface area contributed by atoms with Gasteiger partial charge in [0, 0.05) is 35.2 Å². The maximum absolute atomic E-state index is 13.8. The summed E-state index contributed by atoms with van der Waals surface area (Å²) in [4.78, 5) is 30.2. The Hall–Kier alpha value is -3.04. The van der Waals surface area contributed by atoms with Crippen LogP contribution in [0.1, 0.15) is 68.7 Å². The van der Waals surface area contributed by atoms with Gasteiger partial charge in [-0.25, -0.2) is 4.79 Å². The number of aliphatic carboxylic acids is 1. The van der Waals surface area contributed by atoms with E-state index in [1.54, 1.807) is 18.2 Å². The van der Waals surface area contributed by atoms with Crippen molar-refractivity contribution in [2.24, 2.45) is 5.73 Å². The zero-order valence-corrected chi connectivity index (χ0v) is 23.0. The van der Waals surface area contributed by atoms with Crippen LogP contribution in [0.2, 0.25) is 0 Å². The topological polar surface area (TPSA) is 120 Å². The van der Waals surface area contributed by atoms with E-state index in [1.165, 1.54) is 31.0 Å². The smallest absolute Gasteiger partial charge is 0.341 e. The molecule has 9 heteroatoms. The number of fused-ring (bicyclic) bond motifs is 1. The van der Waals surface area contributed by atoms with Gasteiger partial charge in [0.05, 0.1) is 5.69 Å². The molecule has 38 heavy (non-hydrogen) atoms. The van der Waals surface area contributed by atoms with Crippen LogP contribution in [0.25, 0.3) is 0 Å². The maximum atomic E-state index is 13.8. The first-order chi connectivity index (χ1) is 18.2. The van der Waals surface area contributed by atoms with E-state index in [0.717, 1.165) is 42.0 Å². The van der Waals surface area contributed by atoms with Crippen molar-refractivity contribution in [2.45, 2.75) is 74.6 Å². The molecule has 204 valence electrons. The van der Waals surface area contributed by atoms with Crippen LogP contribution in [-0.4, -0.2) is 59.5 Å². The van der Waals surface area contributed by atoms with Crippen molar-refractivity contribution in [3.8, 4) is 5.75 Å². The van der Waals surface area contributed by atoms with Crippen molar-refractivity contribution in [3.05, 3.63) is 53.6 Å². The molecule has 1 amide bonds. The maximum Gasteiger partial charge on any atom is 0.341 e. The van der Waals surface area contributed by atoms with Gasteiger partial charge in [0.15, 0.2) is 6.61 Å². The fourth-order valence-electron chi connectivity index (χ4n) is 5.45. The first-order valence-corrected chi connectivity index (χ1v) is 14.3. The first kappa shape index (κ1) is 28.0. The number of carboxylic acids is 1. The number of ether oxygens (including phenoxy) is 1. The lowest BCUT2D eigenvalue weighted by atomic mass is 9.97. The molecule has 4 N–H and O–H groups in total. The van der Waals surface area contributed by atoms with Gasteiger partial charge in [0.1, 0.15) is 16.8 Å². The van der Waals surface area contributed by atoms with Crippen molar-refractivity contribution in [2.75, 3.05) is 24.6 Å². The average Bonchev–Trinajstić information content (AvgIpc) is 2.89. The third-order valence-corrected chi connectivity index (χ3v) is 8.80. The molecule has 2 aliphatic rings. The van der Waals surface area contributed by atoms with Crippen LogP contribution in [0, 0.1) is 5.41 Å². The van der Waals surface area contributed by atoms with Gasteiger partial charge in [-0.15, -0.1) is 11.8 Å². The summed E-state index contributed by atoms with van der Waals surface area (Å²) in [5.41, 5.74) is 7.85. The number of piperidine rings is 1. The number of hydrogen-bond acceptors (Lipinski definition) is 6. The number of nitrogens with zero attached hydrogens (tertiary/aromatic N) is 2. The molecule has 2 heterocycles. The minimum atomic E-state index is -1.05. The zero-order valence-electron chi connectivity index (χ0n) is 22.2. The molecule has 0 spiro atoms. The van der Waals surface area contributed by atoms with E-state index < -0.39 is 17.8 Å². The molecule has 2 aromatic carbocycles. The van der Waals surface area contributed by atoms with Gasteiger partial charge in [0.2, 0.25) is 5.91 Å². The van der Waals surface area contributed by atoms with E-state index >= 15 is 0 Å². The summed E-state index contributed by atoms with van der Waals surface area (Å²) in [6.07, 6.45) is 6.81. The summed E-state index contributed by atoms with van der Waals surface area (Å²) in [5.74, 6) is -0.686. The number of thioether (sulfide) groups is 1. The monoisotopic (exact) mass is 538 g/mol. The minimum Gasteiger partial charge on any atom is -0.482 e. The Bertz CT molecular complexity index is 1160. The van der Waals surface area contributed by atoms with Gasteiger partial charge in [-0.3, -0.25) is 15.1 Å². The SMILES string of the molecule is C[C@@H]1CCC[C@H](C)N1CCCCCN1C(=O)C(c2cccc(C(=N)N)c2)Sc2ccc(OCC(=O)O)cc21. The van der Waals surface area contributed by atoms with Gasteiger partial charge < -0.3 is 20.5 Å². The van der Waals surface area contributed by atoms with Gasteiger partial charge in [-0.2, -0.15) is 0 Å². The van der Waals surface area contributed by atoms with Crippen molar-refractivity contribution in [1.82, 2.24) is 4.90 Å². The number of carbonyl (C=O) groups excluding carboxylic acids is 1. The second-order valence-corrected chi connectivity index (χ2v) is 11.4. The fraction of sp³-hybridized carbons (Fsp3) is 0.483. The van der Waals surface area contributed by atoms with Crippen LogP contribution in [0.4, 0.5) is 5.69 Å². The molecule has 0 aromatic heterocycles. The number of likely N-dealkylation sites (tertiary alicyclic amines) is 1. The van der Waals surface area contributed by atoms with E-state index in [-0.39, 0.29) is 11.7 Å². The largest absolute Gasteiger partial charge is 0.482 e. The highest BCUT2D eigenvalue weighted by molar-refractivity contribution is 8.00. The number of carboxylic acid groups (broad SMARTS) is 1. The lowest BCUT2D eigenvalue weighted by Crippen LogP contribution is -2.44. The van der Waals surface area contributed by atoms with Crippen LogP contribution in [0.3, 0.4) is 0 Å². The zero-order chi connectivity index (χ0) is 27.2. The number of hydrogen-bond donors (Lipinski definition) is 3. The lowest BCUT2D eigenvalue weighted by Gasteiger charge is -2.39. The van der Waals surface area contributed by atoms with E-state index in [4.69, 9.17) is 21.0 Å². The molecule has 2 aromatic rings. The van der Waals surface area contributed by atoms with Crippen LogP contribution >= 0.6 is 11.8 Å².